The van der Waals surface area contributed by atoms with Crippen LogP contribution in [0.25, 0.3) is 0 Å². The van der Waals surface area contributed by atoms with E-state index >= 15 is 0 Å². The van der Waals surface area contributed by atoms with Crippen molar-refractivity contribution in [2.24, 2.45) is 5.73 Å². The highest BCUT2D eigenvalue weighted by Gasteiger charge is 2.23. The van der Waals surface area contributed by atoms with Crippen molar-refractivity contribution in [3.63, 3.8) is 0 Å². The average Bonchev–Trinajstić information content (AvgIpc) is 2.41. The van der Waals surface area contributed by atoms with E-state index in [-0.39, 0.29) is 18.2 Å². The van der Waals surface area contributed by atoms with Crippen molar-refractivity contribution in [1.29, 1.82) is 0 Å². The van der Waals surface area contributed by atoms with Crippen LogP contribution < -0.4 is 10.6 Å². The van der Waals surface area contributed by atoms with Gasteiger partial charge in [0.1, 0.15) is 0 Å². The molecule has 2 rings (SSSR count). The number of carbonyl (C=O) groups is 2. The molecule has 1 heterocycles. The van der Waals surface area contributed by atoms with Gasteiger partial charge in [-0.25, -0.2) is 0 Å². The quantitative estimate of drug-likeness (QED) is 0.749. The van der Waals surface area contributed by atoms with Crippen LogP contribution in [0.1, 0.15) is 11.1 Å². The van der Waals surface area contributed by atoms with Gasteiger partial charge in [0.25, 0.3) is 0 Å². The van der Waals surface area contributed by atoms with E-state index < -0.39 is 0 Å². The topological polar surface area (TPSA) is 63.4 Å². The van der Waals surface area contributed by atoms with Crippen LogP contribution in [0.3, 0.4) is 0 Å². The molecule has 0 saturated heterocycles. The van der Waals surface area contributed by atoms with Crippen molar-refractivity contribution in [2.75, 3.05) is 11.9 Å². The molecule has 2 amide bonds. The molecule has 1 aromatic carbocycles. The van der Waals surface area contributed by atoms with Crippen LogP contribution in [-0.2, 0) is 22.4 Å². The lowest BCUT2D eigenvalue weighted by Gasteiger charge is -2.09. The Hall–Kier alpha value is -1.84. The monoisotopic (exact) mass is 204 g/mol. The van der Waals surface area contributed by atoms with Crippen LogP contribution in [0.4, 0.5) is 5.69 Å². The maximum Gasteiger partial charge on any atom is 0.231 e. The summed E-state index contributed by atoms with van der Waals surface area (Å²) >= 11 is 0. The van der Waals surface area contributed by atoms with E-state index in [2.05, 4.69) is 0 Å². The minimum Gasteiger partial charge on any atom is -0.369 e. The molecule has 0 fully saturated rings. The fraction of sp³-hybridized carbons (Fsp3) is 0.273. The molecule has 0 unspecified atom stereocenters. The maximum absolute atomic E-state index is 11.4. The highest BCUT2D eigenvalue weighted by Crippen LogP contribution is 2.28. The molecule has 0 atom stereocenters. The molecule has 0 aliphatic carbocycles. The summed E-state index contributed by atoms with van der Waals surface area (Å²) in [7, 11) is 1.75. The summed E-state index contributed by atoms with van der Waals surface area (Å²) in [5.74, 6) is -0.270. The molecule has 4 heteroatoms. The molecule has 0 spiro atoms. The standard InChI is InChI=1S/C11H12N2O2/c1-13-9-3-2-7(5-10(12)14)4-8(9)6-11(13)15/h2-4H,5-6H2,1H3,(H2,12,14). The Balaban J connectivity index is 2.33. The number of benzene rings is 1. The molecule has 4 nitrogen and oxygen atoms in total. The molecule has 2 N–H and O–H groups in total. The first-order valence-electron chi connectivity index (χ1n) is 4.74. The van der Waals surface area contributed by atoms with Crippen molar-refractivity contribution in [1.82, 2.24) is 0 Å². The first-order valence-corrected chi connectivity index (χ1v) is 4.74. The van der Waals surface area contributed by atoms with E-state index in [0.717, 1.165) is 16.8 Å². The van der Waals surface area contributed by atoms with Gasteiger partial charge in [0, 0.05) is 12.7 Å². The van der Waals surface area contributed by atoms with Crippen LogP contribution in [0.15, 0.2) is 18.2 Å². The third kappa shape index (κ3) is 1.70. The number of fused-ring (bicyclic) bond motifs is 1. The minimum absolute atomic E-state index is 0.0845. The van der Waals surface area contributed by atoms with Crippen molar-refractivity contribution in [3.8, 4) is 0 Å². The number of rotatable bonds is 2. The molecule has 1 aliphatic heterocycles. The number of hydrogen-bond donors (Lipinski definition) is 1. The number of anilines is 1. The maximum atomic E-state index is 11.4. The van der Waals surface area contributed by atoms with Crippen LogP contribution in [-0.4, -0.2) is 18.9 Å². The smallest absolute Gasteiger partial charge is 0.231 e. The number of nitrogens with two attached hydrogens (primary N) is 1. The van der Waals surface area contributed by atoms with E-state index in [1.165, 1.54) is 0 Å². The van der Waals surface area contributed by atoms with Gasteiger partial charge in [-0.05, 0) is 17.2 Å². The molecule has 78 valence electrons. The lowest BCUT2D eigenvalue weighted by atomic mass is 10.1. The average molecular weight is 204 g/mol. The predicted molar refractivity (Wildman–Crippen MR) is 56.5 cm³/mol. The summed E-state index contributed by atoms with van der Waals surface area (Å²) in [4.78, 5) is 23.8. The van der Waals surface area contributed by atoms with Crippen LogP contribution in [0, 0.1) is 0 Å². The second kappa shape index (κ2) is 3.38. The zero-order valence-corrected chi connectivity index (χ0v) is 8.49. The lowest BCUT2D eigenvalue weighted by Crippen LogP contribution is -2.20. The predicted octanol–water partition coefficient (Wildman–Crippen LogP) is 0.233. The first-order chi connectivity index (χ1) is 7.08. The Kier molecular flexibility index (Phi) is 2.19. The molecular formula is C11H12N2O2. The fourth-order valence-electron chi connectivity index (χ4n) is 1.83. The highest BCUT2D eigenvalue weighted by molar-refractivity contribution is 6.01. The largest absolute Gasteiger partial charge is 0.369 e. The zero-order valence-electron chi connectivity index (χ0n) is 8.49. The molecular weight excluding hydrogens is 192 g/mol. The fourth-order valence-corrected chi connectivity index (χ4v) is 1.83. The minimum atomic E-state index is -0.354. The van der Waals surface area contributed by atoms with Gasteiger partial charge in [0.05, 0.1) is 12.8 Å². The molecule has 0 saturated carbocycles. The zero-order chi connectivity index (χ0) is 11.0. The second-order valence-electron chi connectivity index (χ2n) is 3.74. The second-order valence-corrected chi connectivity index (χ2v) is 3.74. The number of nitrogens with zero attached hydrogens (tertiary/aromatic N) is 1. The van der Waals surface area contributed by atoms with E-state index in [0.29, 0.717) is 6.42 Å². The van der Waals surface area contributed by atoms with Gasteiger partial charge in [-0.1, -0.05) is 12.1 Å². The van der Waals surface area contributed by atoms with Gasteiger partial charge in [0.2, 0.25) is 11.8 Å². The molecule has 1 aromatic rings. The Morgan fingerprint density at radius 3 is 2.93 bits per heavy atom. The lowest BCUT2D eigenvalue weighted by molar-refractivity contribution is -0.118. The molecule has 1 aliphatic rings. The third-order valence-electron chi connectivity index (χ3n) is 2.60. The summed E-state index contributed by atoms with van der Waals surface area (Å²) in [5, 5.41) is 0. The normalized spacial score (nSPS) is 14.2. The van der Waals surface area contributed by atoms with Gasteiger partial charge >= 0.3 is 0 Å². The van der Waals surface area contributed by atoms with Crippen LogP contribution >= 0.6 is 0 Å². The first kappa shape index (κ1) is 9.71. The number of hydrogen-bond acceptors (Lipinski definition) is 2. The summed E-state index contributed by atoms with van der Waals surface area (Å²) in [5.41, 5.74) is 7.87. The SMILES string of the molecule is CN1C(=O)Cc2cc(CC(N)=O)ccc21. The van der Waals surface area contributed by atoms with E-state index in [4.69, 9.17) is 5.73 Å². The van der Waals surface area contributed by atoms with Crippen molar-refractivity contribution in [3.05, 3.63) is 29.3 Å². The van der Waals surface area contributed by atoms with Crippen molar-refractivity contribution >= 4 is 17.5 Å². The summed E-state index contributed by atoms with van der Waals surface area (Å²) in [6.07, 6.45) is 0.642. The third-order valence-corrected chi connectivity index (χ3v) is 2.60. The van der Waals surface area contributed by atoms with Gasteiger partial charge in [0.15, 0.2) is 0 Å². The Labute approximate surface area is 87.7 Å². The molecule has 0 aromatic heterocycles. The van der Waals surface area contributed by atoms with Gasteiger partial charge in [-0.3, -0.25) is 9.59 Å². The van der Waals surface area contributed by atoms with Crippen LogP contribution in [0.5, 0.6) is 0 Å². The van der Waals surface area contributed by atoms with Gasteiger partial charge in [-0.15, -0.1) is 0 Å². The number of carbonyl (C=O) groups excluding carboxylic acids is 2. The van der Waals surface area contributed by atoms with E-state index in [1.807, 2.05) is 18.2 Å². The molecule has 0 bridgehead atoms. The number of amides is 2. The van der Waals surface area contributed by atoms with Crippen molar-refractivity contribution in [2.45, 2.75) is 12.8 Å². The molecule has 15 heavy (non-hydrogen) atoms. The number of likely N-dealkylation sites (N-methyl/N-ethyl adjacent to an activating group) is 1. The molecule has 0 radical (unpaired) electrons. The Morgan fingerprint density at radius 2 is 2.27 bits per heavy atom. The van der Waals surface area contributed by atoms with E-state index in [1.54, 1.807) is 11.9 Å². The summed E-state index contributed by atoms with van der Waals surface area (Å²) in [6, 6.07) is 5.57. The highest BCUT2D eigenvalue weighted by atomic mass is 16.2. The van der Waals surface area contributed by atoms with Gasteiger partial charge < -0.3 is 10.6 Å². The Bertz CT molecular complexity index is 440. The number of primary amides is 1. The summed E-state index contributed by atoms with van der Waals surface area (Å²) in [6.45, 7) is 0. The van der Waals surface area contributed by atoms with Crippen LogP contribution in [0.2, 0.25) is 0 Å². The van der Waals surface area contributed by atoms with Crippen molar-refractivity contribution < 1.29 is 9.59 Å². The summed E-state index contributed by atoms with van der Waals surface area (Å²) < 4.78 is 0. The Morgan fingerprint density at radius 1 is 1.53 bits per heavy atom. The van der Waals surface area contributed by atoms with E-state index in [9.17, 15) is 9.59 Å². The van der Waals surface area contributed by atoms with Gasteiger partial charge in [-0.2, -0.15) is 0 Å².